The van der Waals surface area contributed by atoms with E-state index in [1.807, 2.05) is 0 Å². The molecule has 0 radical (unpaired) electrons. The molecule has 4 aromatic carbocycles. The number of hydrogen-bond donors (Lipinski definition) is 1. The van der Waals surface area contributed by atoms with E-state index in [0.29, 0.717) is 33.9 Å². The number of fused-ring (bicyclic) bond motifs is 3. The lowest BCUT2D eigenvalue weighted by atomic mass is 9.66. The Morgan fingerprint density at radius 1 is 0.559 bits per heavy atom. The normalized spacial score (nSPS) is 14.5. The minimum Gasteiger partial charge on any atom is -0.508 e. The van der Waals surface area contributed by atoms with Gasteiger partial charge in [0.15, 0.2) is 0 Å². The summed E-state index contributed by atoms with van der Waals surface area (Å²) < 4.78 is 83.3. The fraction of sp³-hybridized carbons (Fsp3) is 0.111. The zero-order valence-electron chi connectivity index (χ0n) is 17.4. The lowest BCUT2D eigenvalue weighted by Crippen LogP contribution is -2.32. The summed E-state index contributed by atoms with van der Waals surface area (Å²) in [4.78, 5) is 0. The number of phenols is 1. The highest BCUT2D eigenvalue weighted by Crippen LogP contribution is 2.58. The van der Waals surface area contributed by atoms with E-state index in [4.69, 9.17) is 0 Å². The van der Waals surface area contributed by atoms with Crippen LogP contribution < -0.4 is 0 Å². The molecule has 0 saturated heterocycles. The summed E-state index contributed by atoms with van der Waals surface area (Å²) in [5, 5.41) is 9.85. The number of phenolic OH excluding ortho intramolecular Hbond substituents is 1. The average Bonchev–Trinajstić information content (AvgIpc) is 3.09. The first-order chi connectivity index (χ1) is 16.0. The third-order valence-electron chi connectivity index (χ3n) is 6.31. The fourth-order valence-corrected chi connectivity index (χ4v) is 4.99. The van der Waals surface area contributed by atoms with Gasteiger partial charge >= 0.3 is 12.4 Å². The van der Waals surface area contributed by atoms with Crippen molar-refractivity contribution in [3.8, 4) is 16.9 Å². The van der Waals surface area contributed by atoms with Crippen LogP contribution >= 0.6 is 0 Å². The Labute approximate surface area is 190 Å². The average molecular weight is 470 g/mol. The number of rotatable bonds is 2. The number of alkyl halides is 6. The molecule has 1 aliphatic carbocycles. The van der Waals surface area contributed by atoms with Crippen molar-refractivity contribution < 1.29 is 31.4 Å². The quantitative estimate of drug-likeness (QED) is 0.261. The van der Waals surface area contributed by atoms with Gasteiger partial charge in [0.25, 0.3) is 0 Å². The molecule has 7 heteroatoms. The van der Waals surface area contributed by atoms with E-state index in [2.05, 4.69) is 0 Å². The van der Waals surface area contributed by atoms with Crippen molar-refractivity contribution in [2.24, 2.45) is 0 Å². The molecule has 172 valence electrons. The Morgan fingerprint density at radius 3 is 1.59 bits per heavy atom. The van der Waals surface area contributed by atoms with Gasteiger partial charge in [0.2, 0.25) is 0 Å². The highest BCUT2D eigenvalue weighted by Gasteiger charge is 2.50. The molecule has 0 bridgehead atoms. The van der Waals surface area contributed by atoms with E-state index in [1.54, 1.807) is 48.5 Å². The second-order valence-electron chi connectivity index (χ2n) is 8.14. The predicted octanol–water partition coefficient (Wildman–Crippen LogP) is 7.79. The minimum atomic E-state index is -5.05. The molecule has 0 aliphatic heterocycles. The second kappa shape index (κ2) is 7.38. The topological polar surface area (TPSA) is 20.2 Å². The summed E-state index contributed by atoms with van der Waals surface area (Å²) in [5.41, 5.74) is -1.76. The van der Waals surface area contributed by atoms with Crippen LogP contribution in [0.5, 0.6) is 5.75 Å². The summed E-state index contributed by atoms with van der Waals surface area (Å²) in [6.45, 7) is 0. The molecule has 1 aliphatic rings. The minimum absolute atomic E-state index is 0.0815. The maximum atomic E-state index is 14.4. The van der Waals surface area contributed by atoms with Gasteiger partial charge in [-0.1, -0.05) is 66.7 Å². The molecule has 34 heavy (non-hydrogen) atoms. The third kappa shape index (κ3) is 3.18. The van der Waals surface area contributed by atoms with Crippen molar-refractivity contribution in [3.63, 3.8) is 0 Å². The molecule has 0 amide bonds. The lowest BCUT2D eigenvalue weighted by molar-refractivity contribution is -0.143. The van der Waals surface area contributed by atoms with Crippen molar-refractivity contribution in [3.05, 3.63) is 124 Å². The van der Waals surface area contributed by atoms with E-state index in [9.17, 15) is 31.4 Å². The number of aromatic hydroxyl groups is 1. The van der Waals surface area contributed by atoms with Gasteiger partial charge in [-0.2, -0.15) is 26.3 Å². The molecule has 4 aromatic rings. The Kier molecular flexibility index (Phi) is 4.79. The number of halogens is 6. The first kappa shape index (κ1) is 22.1. The van der Waals surface area contributed by atoms with E-state index < -0.39 is 28.9 Å². The SMILES string of the molecule is Oc1ccc(C2(c3ccc(C(F)(F)F)cc3C(F)(F)F)c3ccccc3-c3ccccc32)cc1. The summed E-state index contributed by atoms with van der Waals surface area (Å²) in [5.74, 6) is -0.0815. The highest BCUT2D eigenvalue weighted by atomic mass is 19.4. The molecule has 5 rings (SSSR count). The predicted molar refractivity (Wildman–Crippen MR) is 115 cm³/mol. The van der Waals surface area contributed by atoms with Gasteiger partial charge in [0, 0.05) is 0 Å². The van der Waals surface area contributed by atoms with Gasteiger partial charge in [-0.25, -0.2) is 0 Å². The van der Waals surface area contributed by atoms with Crippen LogP contribution in [0, 0.1) is 0 Å². The summed E-state index contributed by atoms with van der Waals surface area (Å²) in [7, 11) is 0. The number of benzene rings is 4. The van der Waals surface area contributed by atoms with E-state index >= 15 is 0 Å². The van der Waals surface area contributed by atoms with Crippen LogP contribution in [0.4, 0.5) is 26.3 Å². The highest BCUT2D eigenvalue weighted by molar-refractivity contribution is 5.86. The van der Waals surface area contributed by atoms with Crippen LogP contribution in [-0.2, 0) is 17.8 Å². The molecule has 0 saturated carbocycles. The van der Waals surface area contributed by atoms with Crippen molar-refractivity contribution in [2.45, 2.75) is 17.8 Å². The third-order valence-corrected chi connectivity index (χ3v) is 6.31. The number of hydrogen-bond acceptors (Lipinski definition) is 1. The maximum absolute atomic E-state index is 14.4. The maximum Gasteiger partial charge on any atom is 0.416 e. The first-order valence-corrected chi connectivity index (χ1v) is 10.3. The lowest BCUT2D eigenvalue weighted by Gasteiger charge is -2.36. The van der Waals surface area contributed by atoms with E-state index in [-0.39, 0.29) is 17.4 Å². The van der Waals surface area contributed by atoms with Gasteiger partial charge < -0.3 is 5.11 Å². The molecule has 0 heterocycles. The van der Waals surface area contributed by atoms with Gasteiger partial charge in [0.05, 0.1) is 16.5 Å². The van der Waals surface area contributed by atoms with Gasteiger partial charge in [-0.15, -0.1) is 0 Å². The molecule has 0 spiro atoms. The summed E-state index contributed by atoms with van der Waals surface area (Å²) in [6.07, 6.45) is -9.98. The molecular weight excluding hydrogens is 454 g/mol. The fourth-order valence-electron chi connectivity index (χ4n) is 4.99. The Balaban J connectivity index is 1.97. The standard InChI is InChI=1S/C27H16F6O/c28-26(29,30)17-11-14-23(24(15-17)27(31,32)33)25(16-9-12-18(34)13-10-16)21-7-3-1-5-19(21)20-6-2-4-8-22(20)25/h1-15,34H. The summed E-state index contributed by atoms with van der Waals surface area (Å²) >= 11 is 0. The second-order valence-corrected chi connectivity index (χ2v) is 8.14. The van der Waals surface area contributed by atoms with Crippen LogP contribution in [0.25, 0.3) is 11.1 Å². The first-order valence-electron chi connectivity index (χ1n) is 10.3. The van der Waals surface area contributed by atoms with Crippen molar-refractivity contribution in [2.75, 3.05) is 0 Å². The van der Waals surface area contributed by atoms with Crippen molar-refractivity contribution in [1.29, 1.82) is 0 Å². The smallest absolute Gasteiger partial charge is 0.416 e. The summed E-state index contributed by atoms with van der Waals surface area (Å²) in [6, 6.07) is 21.4. The molecule has 0 unspecified atom stereocenters. The van der Waals surface area contributed by atoms with E-state index in [1.165, 1.54) is 24.3 Å². The van der Waals surface area contributed by atoms with Gasteiger partial charge in [0.1, 0.15) is 5.75 Å². The Bertz CT molecular complexity index is 1340. The van der Waals surface area contributed by atoms with Crippen LogP contribution in [0.2, 0.25) is 0 Å². The molecule has 0 atom stereocenters. The molecular formula is C27H16F6O. The largest absolute Gasteiger partial charge is 0.508 e. The monoisotopic (exact) mass is 470 g/mol. The van der Waals surface area contributed by atoms with Gasteiger partial charge in [-0.05, 0) is 57.6 Å². The van der Waals surface area contributed by atoms with Crippen LogP contribution in [0.3, 0.4) is 0 Å². The molecule has 1 N–H and O–H groups in total. The van der Waals surface area contributed by atoms with Crippen LogP contribution in [-0.4, -0.2) is 5.11 Å². The Hall–Kier alpha value is -3.74. The zero-order chi connectivity index (χ0) is 24.3. The molecule has 0 fully saturated rings. The van der Waals surface area contributed by atoms with Gasteiger partial charge in [-0.3, -0.25) is 0 Å². The van der Waals surface area contributed by atoms with E-state index in [0.717, 1.165) is 6.07 Å². The van der Waals surface area contributed by atoms with Crippen LogP contribution in [0.15, 0.2) is 91.0 Å². The molecule has 0 aromatic heterocycles. The Morgan fingerprint density at radius 2 is 1.09 bits per heavy atom. The molecule has 1 nitrogen and oxygen atoms in total. The van der Waals surface area contributed by atoms with Crippen LogP contribution in [0.1, 0.15) is 33.4 Å². The van der Waals surface area contributed by atoms with Crippen molar-refractivity contribution in [1.82, 2.24) is 0 Å². The van der Waals surface area contributed by atoms with Crippen molar-refractivity contribution >= 4 is 0 Å². The zero-order valence-corrected chi connectivity index (χ0v) is 17.4.